The zero-order valence-corrected chi connectivity index (χ0v) is 9.58. The van der Waals surface area contributed by atoms with Gasteiger partial charge < -0.3 is 10.8 Å². The van der Waals surface area contributed by atoms with Crippen LogP contribution in [0.5, 0.6) is 5.75 Å². The molecule has 0 radical (unpaired) electrons. The van der Waals surface area contributed by atoms with E-state index in [0.29, 0.717) is 17.7 Å². The van der Waals surface area contributed by atoms with Gasteiger partial charge in [-0.15, -0.1) is 11.3 Å². The van der Waals surface area contributed by atoms with E-state index >= 15 is 0 Å². The van der Waals surface area contributed by atoms with E-state index in [-0.39, 0.29) is 0 Å². The molecule has 1 saturated carbocycles. The molecule has 2 nitrogen and oxygen atoms in total. The summed E-state index contributed by atoms with van der Waals surface area (Å²) in [5, 5.41) is 9.43. The molecule has 16 heavy (non-hydrogen) atoms. The van der Waals surface area contributed by atoms with Crippen molar-refractivity contribution in [3.8, 4) is 16.2 Å². The Morgan fingerprint density at radius 1 is 1.25 bits per heavy atom. The van der Waals surface area contributed by atoms with Crippen molar-refractivity contribution in [3.05, 3.63) is 41.3 Å². The molecular formula is C13H13NOS. The molecule has 1 aliphatic rings. The first-order valence-corrected chi connectivity index (χ1v) is 6.20. The van der Waals surface area contributed by atoms with Crippen molar-refractivity contribution in [2.24, 2.45) is 5.73 Å². The summed E-state index contributed by atoms with van der Waals surface area (Å²) < 4.78 is 0. The van der Waals surface area contributed by atoms with E-state index in [2.05, 4.69) is 12.1 Å². The predicted octanol–water partition coefficient (Wildman–Crippen LogP) is 2.94. The first-order valence-electron chi connectivity index (χ1n) is 5.39. The largest absolute Gasteiger partial charge is 0.508 e. The molecule has 3 N–H and O–H groups in total. The fraction of sp³-hybridized carbons (Fsp3) is 0.231. The van der Waals surface area contributed by atoms with Crippen LogP contribution in [0.3, 0.4) is 0 Å². The van der Waals surface area contributed by atoms with Crippen molar-refractivity contribution in [1.29, 1.82) is 0 Å². The van der Waals surface area contributed by atoms with Crippen LogP contribution < -0.4 is 5.73 Å². The molecule has 2 atom stereocenters. The average Bonchev–Trinajstić information content (AvgIpc) is 2.81. The van der Waals surface area contributed by atoms with Gasteiger partial charge in [-0.05, 0) is 36.2 Å². The van der Waals surface area contributed by atoms with Gasteiger partial charge in [-0.25, -0.2) is 0 Å². The smallest absolute Gasteiger partial charge is 0.116 e. The third-order valence-electron chi connectivity index (χ3n) is 2.96. The maximum absolute atomic E-state index is 9.43. The lowest BCUT2D eigenvalue weighted by molar-refractivity contribution is 0.475. The molecule has 1 aromatic heterocycles. The van der Waals surface area contributed by atoms with Gasteiger partial charge in [-0.1, -0.05) is 12.1 Å². The van der Waals surface area contributed by atoms with Gasteiger partial charge in [0.25, 0.3) is 0 Å². The van der Waals surface area contributed by atoms with E-state index in [1.807, 2.05) is 12.1 Å². The zero-order chi connectivity index (χ0) is 11.1. The number of phenols is 1. The molecule has 82 valence electrons. The Morgan fingerprint density at radius 2 is 2.06 bits per heavy atom. The van der Waals surface area contributed by atoms with Crippen LogP contribution in [-0.2, 0) is 0 Å². The summed E-state index contributed by atoms with van der Waals surface area (Å²) in [7, 11) is 0. The summed E-state index contributed by atoms with van der Waals surface area (Å²) in [6.45, 7) is 0. The molecule has 0 saturated heterocycles. The van der Waals surface area contributed by atoms with Crippen LogP contribution in [0.4, 0.5) is 0 Å². The highest BCUT2D eigenvalue weighted by Crippen LogP contribution is 2.44. The molecule has 0 spiro atoms. The molecule has 0 bridgehead atoms. The minimum absolute atomic E-state index is 0.315. The highest BCUT2D eigenvalue weighted by molar-refractivity contribution is 7.15. The molecule has 0 aliphatic heterocycles. The van der Waals surface area contributed by atoms with Crippen LogP contribution in [-0.4, -0.2) is 11.1 Å². The number of rotatable bonds is 2. The highest BCUT2D eigenvalue weighted by atomic mass is 32.1. The second kappa shape index (κ2) is 3.61. The molecule has 2 unspecified atom stereocenters. The highest BCUT2D eigenvalue weighted by Gasteiger charge is 2.35. The third kappa shape index (κ3) is 1.72. The van der Waals surface area contributed by atoms with Gasteiger partial charge >= 0.3 is 0 Å². The van der Waals surface area contributed by atoms with Crippen LogP contribution >= 0.6 is 11.3 Å². The zero-order valence-electron chi connectivity index (χ0n) is 8.76. The van der Waals surface area contributed by atoms with Crippen molar-refractivity contribution in [1.82, 2.24) is 0 Å². The second-order valence-electron chi connectivity index (χ2n) is 4.26. The topological polar surface area (TPSA) is 46.2 Å². The summed E-state index contributed by atoms with van der Waals surface area (Å²) in [6.07, 6.45) is 1.11. The van der Waals surface area contributed by atoms with Crippen LogP contribution in [0.15, 0.2) is 36.4 Å². The predicted molar refractivity (Wildman–Crippen MR) is 66.8 cm³/mol. The lowest BCUT2D eigenvalue weighted by Gasteiger charge is -1.97. The Morgan fingerprint density at radius 3 is 2.75 bits per heavy atom. The molecule has 3 heteroatoms. The summed E-state index contributed by atoms with van der Waals surface area (Å²) >= 11 is 1.78. The molecule has 1 fully saturated rings. The molecule has 1 heterocycles. The third-order valence-corrected chi connectivity index (χ3v) is 4.23. The fourth-order valence-electron chi connectivity index (χ4n) is 1.91. The Kier molecular flexibility index (Phi) is 2.23. The van der Waals surface area contributed by atoms with Crippen molar-refractivity contribution >= 4 is 11.3 Å². The number of phenolic OH excluding ortho intramolecular Hbond substituents is 1. The number of thiophene rings is 1. The van der Waals surface area contributed by atoms with E-state index in [9.17, 15) is 5.11 Å². The van der Waals surface area contributed by atoms with Gasteiger partial charge in [0, 0.05) is 21.7 Å². The maximum Gasteiger partial charge on any atom is 0.116 e. The number of nitrogens with two attached hydrogens (primary N) is 1. The van der Waals surface area contributed by atoms with Crippen LogP contribution in [0, 0.1) is 0 Å². The summed E-state index contributed by atoms with van der Waals surface area (Å²) in [5.41, 5.74) is 6.91. The van der Waals surface area contributed by atoms with Gasteiger partial charge in [-0.3, -0.25) is 0 Å². The number of benzene rings is 1. The maximum atomic E-state index is 9.43. The Bertz CT molecular complexity index is 520. The number of hydrogen-bond acceptors (Lipinski definition) is 3. The first kappa shape index (κ1) is 9.87. The van der Waals surface area contributed by atoms with Crippen molar-refractivity contribution in [2.75, 3.05) is 0 Å². The second-order valence-corrected chi connectivity index (χ2v) is 5.37. The lowest BCUT2D eigenvalue weighted by atomic mass is 10.2. The van der Waals surface area contributed by atoms with E-state index in [1.54, 1.807) is 23.5 Å². The van der Waals surface area contributed by atoms with Crippen molar-refractivity contribution in [3.63, 3.8) is 0 Å². The average molecular weight is 231 g/mol. The Hall–Kier alpha value is -1.32. The molecule has 1 aromatic carbocycles. The minimum atomic E-state index is 0.315. The van der Waals surface area contributed by atoms with E-state index in [0.717, 1.165) is 12.0 Å². The SMILES string of the molecule is NC1CC1c1ccc(-c2cccc(O)c2)s1. The molecule has 1 aliphatic carbocycles. The Labute approximate surface area is 98.4 Å². The van der Waals surface area contributed by atoms with Gasteiger partial charge in [0.05, 0.1) is 0 Å². The van der Waals surface area contributed by atoms with Gasteiger partial charge in [-0.2, -0.15) is 0 Å². The summed E-state index contributed by atoms with van der Waals surface area (Å²) in [4.78, 5) is 2.57. The van der Waals surface area contributed by atoms with Crippen LogP contribution in [0.1, 0.15) is 17.2 Å². The van der Waals surface area contributed by atoms with E-state index in [1.165, 1.54) is 9.75 Å². The Balaban J connectivity index is 1.92. The standard InChI is InChI=1S/C13H13NOS/c14-11-7-10(11)13-5-4-12(16-13)8-2-1-3-9(15)6-8/h1-6,10-11,15H,7,14H2. The molecule has 2 aromatic rings. The number of aromatic hydroxyl groups is 1. The van der Waals surface area contributed by atoms with Crippen LogP contribution in [0.2, 0.25) is 0 Å². The molecule has 0 amide bonds. The molecular weight excluding hydrogens is 218 g/mol. The lowest BCUT2D eigenvalue weighted by Crippen LogP contribution is -1.99. The van der Waals surface area contributed by atoms with Gasteiger partial charge in [0.2, 0.25) is 0 Å². The normalized spacial score (nSPS) is 23.3. The van der Waals surface area contributed by atoms with Gasteiger partial charge in [0.1, 0.15) is 5.75 Å². The van der Waals surface area contributed by atoms with E-state index < -0.39 is 0 Å². The van der Waals surface area contributed by atoms with Crippen molar-refractivity contribution in [2.45, 2.75) is 18.4 Å². The number of hydrogen-bond donors (Lipinski definition) is 2. The summed E-state index contributed by atoms with van der Waals surface area (Å²) in [6, 6.07) is 12.0. The quantitative estimate of drug-likeness (QED) is 0.834. The van der Waals surface area contributed by atoms with Crippen LogP contribution in [0.25, 0.3) is 10.4 Å². The summed E-state index contributed by atoms with van der Waals surface area (Å²) in [5.74, 6) is 0.881. The van der Waals surface area contributed by atoms with Gasteiger partial charge in [0.15, 0.2) is 0 Å². The van der Waals surface area contributed by atoms with E-state index in [4.69, 9.17) is 5.73 Å². The first-order chi connectivity index (χ1) is 7.74. The minimum Gasteiger partial charge on any atom is -0.508 e. The molecule has 3 rings (SSSR count). The van der Waals surface area contributed by atoms with Crippen molar-refractivity contribution < 1.29 is 5.11 Å². The monoisotopic (exact) mass is 231 g/mol. The fourth-order valence-corrected chi connectivity index (χ4v) is 3.10.